The summed E-state index contributed by atoms with van der Waals surface area (Å²) < 4.78 is 28.0. The largest absolute Gasteiger partial charge is 0.385 e. The van der Waals surface area contributed by atoms with Gasteiger partial charge < -0.3 is 5.11 Å². The molecule has 3 heteroatoms. The maximum Gasteiger partial charge on any atom is 0.135 e. The molecule has 0 spiro atoms. The maximum absolute atomic E-state index is 14.1. The smallest absolute Gasteiger partial charge is 0.135 e. The van der Waals surface area contributed by atoms with Crippen LogP contribution in [0.2, 0.25) is 0 Å². The van der Waals surface area contributed by atoms with Gasteiger partial charge >= 0.3 is 0 Å². The monoisotopic (exact) mass is 254 g/mol. The van der Waals surface area contributed by atoms with Crippen molar-refractivity contribution in [1.29, 1.82) is 0 Å². The average molecular weight is 254 g/mol. The van der Waals surface area contributed by atoms with Crippen LogP contribution in [0.4, 0.5) is 8.78 Å². The highest BCUT2D eigenvalue weighted by molar-refractivity contribution is 5.32. The molecule has 1 N–H and O–H groups in total. The Morgan fingerprint density at radius 3 is 2.50 bits per heavy atom. The molecule has 0 aromatic heterocycles. The second-order valence-electron chi connectivity index (χ2n) is 5.78. The van der Waals surface area contributed by atoms with Gasteiger partial charge in [-0.15, -0.1) is 0 Å². The first-order valence-electron chi connectivity index (χ1n) is 6.52. The Kier molecular flexibility index (Phi) is 3.45. The first kappa shape index (κ1) is 13.5. The molecule has 100 valence electrons. The minimum atomic E-state index is -1.36. The van der Waals surface area contributed by atoms with Crippen molar-refractivity contribution in [3.8, 4) is 0 Å². The number of hydrogen-bond acceptors (Lipinski definition) is 1. The molecule has 0 radical (unpaired) electrons. The normalized spacial score (nSPS) is 32.6. The molecule has 1 aliphatic rings. The fourth-order valence-electron chi connectivity index (χ4n) is 2.90. The van der Waals surface area contributed by atoms with E-state index in [1.165, 1.54) is 12.1 Å². The lowest BCUT2D eigenvalue weighted by molar-refractivity contribution is -0.0389. The molecule has 0 amide bonds. The van der Waals surface area contributed by atoms with E-state index in [9.17, 15) is 13.9 Å². The van der Waals surface area contributed by atoms with E-state index in [4.69, 9.17) is 0 Å². The highest BCUT2D eigenvalue weighted by atomic mass is 19.1. The Labute approximate surface area is 107 Å². The van der Waals surface area contributed by atoms with E-state index in [0.29, 0.717) is 24.3 Å². The first-order valence-corrected chi connectivity index (χ1v) is 6.52. The lowest BCUT2D eigenvalue weighted by Gasteiger charge is -2.39. The van der Waals surface area contributed by atoms with Gasteiger partial charge in [0.25, 0.3) is 0 Å². The SMILES string of the molecule is Cc1ccc(F)c(C2(O)CCC(C)C(C)C2)c1F. The van der Waals surface area contributed by atoms with Crippen LogP contribution in [0.25, 0.3) is 0 Å². The summed E-state index contributed by atoms with van der Waals surface area (Å²) in [7, 11) is 0. The summed E-state index contributed by atoms with van der Waals surface area (Å²) in [5, 5.41) is 10.6. The summed E-state index contributed by atoms with van der Waals surface area (Å²) in [6, 6.07) is 2.65. The third kappa shape index (κ3) is 2.16. The molecule has 0 aliphatic heterocycles. The molecule has 0 bridgehead atoms. The molecule has 1 aliphatic carbocycles. The van der Waals surface area contributed by atoms with Gasteiger partial charge in [0.15, 0.2) is 0 Å². The quantitative estimate of drug-likeness (QED) is 0.805. The molecule has 1 fully saturated rings. The number of hydrogen-bond donors (Lipinski definition) is 1. The zero-order valence-electron chi connectivity index (χ0n) is 11.1. The van der Waals surface area contributed by atoms with Crippen molar-refractivity contribution in [3.05, 3.63) is 34.9 Å². The molecule has 0 saturated heterocycles. The predicted molar refractivity (Wildman–Crippen MR) is 67.2 cm³/mol. The first-order chi connectivity index (χ1) is 8.35. The van der Waals surface area contributed by atoms with E-state index >= 15 is 0 Å². The third-order valence-corrected chi connectivity index (χ3v) is 4.39. The van der Waals surface area contributed by atoms with Crippen LogP contribution in [0.3, 0.4) is 0 Å². The van der Waals surface area contributed by atoms with Crippen LogP contribution in [0.15, 0.2) is 12.1 Å². The summed E-state index contributed by atoms with van der Waals surface area (Å²) in [5.74, 6) is -0.481. The van der Waals surface area contributed by atoms with Gasteiger partial charge in [-0.05, 0) is 49.7 Å². The van der Waals surface area contributed by atoms with E-state index in [0.717, 1.165) is 6.42 Å². The number of aliphatic hydroxyl groups is 1. The lowest BCUT2D eigenvalue weighted by Crippen LogP contribution is -2.37. The van der Waals surface area contributed by atoms with Gasteiger partial charge in [0.1, 0.15) is 11.6 Å². The van der Waals surface area contributed by atoms with Crippen LogP contribution in [-0.2, 0) is 5.60 Å². The van der Waals surface area contributed by atoms with Gasteiger partial charge in [-0.2, -0.15) is 0 Å². The second kappa shape index (κ2) is 4.61. The minimum absolute atomic E-state index is 0.138. The Morgan fingerprint density at radius 1 is 1.22 bits per heavy atom. The zero-order valence-corrected chi connectivity index (χ0v) is 11.1. The second-order valence-corrected chi connectivity index (χ2v) is 5.78. The van der Waals surface area contributed by atoms with Crippen molar-refractivity contribution in [3.63, 3.8) is 0 Å². The van der Waals surface area contributed by atoms with Crippen molar-refractivity contribution in [2.75, 3.05) is 0 Å². The topological polar surface area (TPSA) is 20.2 Å². The van der Waals surface area contributed by atoms with Gasteiger partial charge in [0.05, 0.1) is 11.2 Å². The summed E-state index contributed by atoms with van der Waals surface area (Å²) in [5.41, 5.74) is -1.11. The molecular weight excluding hydrogens is 234 g/mol. The Bertz CT molecular complexity index is 458. The highest BCUT2D eigenvalue weighted by Gasteiger charge is 2.41. The Morgan fingerprint density at radius 2 is 1.89 bits per heavy atom. The molecule has 0 heterocycles. The molecule has 1 saturated carbocycles. The molecule has 1 aromatic rings. The Balaban J connectivity index is 2.45. The highest BCUT2D eigenvalue weighted by Crippen LogP contribution is 2.44. The lowest BCUT2D eigenvalue weighted by atomic mass is 9.70. The number of aryl methyl sites for hydroxylation is 1. The van der Waals surface area contributed by atoms with E-state index in [2.05, 4.69) is 6.92 Å². The Hall–Kier alpha value is -0.960. The molecule has 1 aromatic carbocycles. The number of benzene rings is 1. The van der Waals surface area contributed by atoms with Crippen molar-refractivity contribution in [2.45, 2.75) is 45.6 Å². The van der Waals surface area contributed by atoms with Crippen molar-refractivity contribution in [2.24, 2.45) is 11.8 Å². The van der Waals surface area contributed by atoms with Crippen molar-refractivity contribution in [1.82, 2.24) is 0 Å². The van der Waals surface area contributed by atoms with E-state index in [1.807, 2.05) is 6.92 Å². The molecule has 3 atom stereocenters. The molecular formula is C15H20F2O. The van der Waals surface area contributed by atoms with Crippen LogP contribution >= 0.6 is 0 Å². The van der Waals surface area contributed by atoms with Crippen molar-refractivity contribution < 1.29 is 13.9 Å². The average Bonchev–Trinajstić information content (AvgIpc) is 2.30. The van der Waals surface area contributed by atoms with Gasteiger partial charge in [-0.3, -0.25) is 0 Å². The van der Waals surface area contributed by atoms with Gasteiger partial charge in [-0.25, -0.2) is 8.78 Å². The fraction of sp³-hybridized carbons (Fsp3) is 0.600. The molecule has 18 heavy (non-hydrogen) atoms. The summed E-state index contributed by atoms with van der Waals surface area (Å²) in [6.07, 6.45) is 1.64. The van der Waals surface area contributed by atoms with Crippen LogP contribution < -0.4 is 0 Å². The van der Waals surface area contributed by atoms with Gasteiger partial charge in [-0.1, -0.05) is 19.9 Å². The molecule has 3 unspecified atom stereocenters. The van der Waals surface area contributed by atoms with Crippen molar-refractivity contribution >= 4 is 0 Å². The molecule has 1 nitrogen and oxygen atoms in total. The maximum atomic E-state index is 14.1. The summed E-state index contributed by atoms with van der Waals surface area (Å²) in [4.78, 5) is 0. The van der Waals surface area contributed by atoms with E-state index < -0.39 is 17.2 Å². The van der Waals surface area contributed by atoms with Crippen LogP contribution in [0.1, 0.15) is 44.2 Å². The predicted octanol–water partition coefficient (Wildman–Crippen LogP) is 3.92. The number of rotatable bonds is 1. The molecule has 2 rings (SSSR count). The van der Waals surface area contributed by atoms with Crippen LogP contribution in [0, 0.1) is 30.4 Å². The van der Waals surface area contributed by atoms with Gasteiger partial charge in [0, 0.05) is 0 Å². The summed E-state index contributed by atoms with van der Waals surface area (Å²) in [6.45, 7) is 5.74. The fourth-order valence-corrected chi connectivity index (χ4v) is 2.90. The third-order valence-electron chi connectivity index (χ3n) is 4.39. The van der Waals surface area contributed by atoms with E-state index in [1.54, 1.807) is 6.92 Å². The minimum Gasteiger partial charge on any atom is -0.385 e. The zero-order chi connectivity index (χ0) is 13.5. The van der Waals surface area contributed by atoms with Crippen LogP contribution in [-0.4, -0.2) is 5.11 Å². The summed E-state index contributed by atoms with van der Waals surface area (Å²) >= 11 is 0. The van der Waals surface area contributed by atoms with E-state index in [-0.39, 0.29) is 11.5 Å². The number of halogens is 2. The van der Waals surface area contributed by atoms with Gasteiger partial charge in [0.2, 0.25) is 0 Å². The van der Waals surface area contributed by atoms with Crippen LogP contribution in [0.5, 0.6) is 0 Å². The standard InChI is InChI=1S/C15H20F2O/c1-9-6-7-15(18,8-11(9)3)13-12(16)5-4-10(2)14(13)17/h4-5,9,11,18H,6-8H2,1-3H3.